The number of ether oxygens (including phenoxy) is 1. The van der Waals surface area contributed by atoms with Crippen LogP contribution in [0.2, 0.25) is 0 Å². The van der Waals surface area contributed by atoms with Crippen molar-refractivity contribution in [1.82, 2.24) is 10.1 Å². The number of aliphatic hydroxyl groups excluding tert-OH is 1. The van der Waals surface area contributed by atoms with E-state index >= 15 is 0 Å². The molecule has 0 aliphatic rings. The Morgan fingerprint density at radius 1 is 1.30 bits per heavy atom. The molecule has 0 radical (unpaired) electrons. The maximum Gasteiger partial charge on any atom is 0.133 e. The van der Waals surface area contributed by atoms with Gasteiger partial charge in [-0.15, -0.1) is 0 Å². The first kappa shape index (κ1) is 14.6. The van der Waals surface area contributed by atoms with E-state index in [0.29, 0.717) is 19.6 Å². The first-order chi connectivity index (χ1) is 9.72. The second-order valence-corrected chi connectivity index (χ2v) is 4.68. The number of nitrogens with zero attached hydrogens (tertiary/aromatic N) is 2. The molecule has 0 saturated heterocycles. The van der Waals surface area contributed by atoms with Crippen molar-refractivity contribution in [3.63, 3.8) is 0 Å². The van der Waals surface area contributed by atoms with E-state index in [1.807, 2.05) is 37.3 Å². The fourth-order valence-corrected chi connectivity index (χ4v) is 2.15. The van der Waals surface area contributed by atoms with E-state index in [-0.39, 0.29) is 6.61 Å². The number of para-hydroxylation sites is 1. The summed E-state index contributed by atoms with van der Waals surface area (Å²) < 4.78 is 10.4. The third-order valence-corrected chi connectivity index (χ3v) is 3.07. The monoisotopic (exact) mass is 276 g/mol. The lowest BCUT2D eigenvalue weighted by Gasteiger charge is -2.21. The highest BCUT2D eigenvalue weighted by atomic mass is 16.5. The van der Waals surface area contributed by atoms with Gasteiger partial charge in [-0.3, -0.25) is 4.90 Å². The summed E-state index contributed by atoms with van der Waals surface area (Å²) in [5, 5.41) is 13.2. The van der Waals surface area contributed by atoms with Gasteiger partial charge < -0.3 is 14.4 Å². The summed E-state index contributed by atoms with van der Waals surface area (Å²) in [6, 6.07) is 9.80. The Balaban J connectivity index is 2.08. The maximum atomic E-state index is 9.21. The third kappa shape index (κ3) is 3.82. The minimum atomic E-state index is 0.103. The zero-order chi connectivity index (χ0) is 14.4. The average Bonchev–Trinajstić information content (AvgIpc) is 2.85. The number of hydrogen-bond donors (Lipinski definition) is 1. The van der Waals surface area contributed by atoms with Crippen molar-refractivity contribution in [2.24, 2.45) is 0 Å². The van der Waals surface area contributed by atoms with Gasteiger partial charge in [0.2, 0.25) is 0 Å². The largest absolute Gasteiger partial charge is 0.496 e. The summed E-state index contributed by atoms with van der Waals surface area (Å²) in [7, 11) is 1.66. The Bertz CT molecular complexity index is 539. The lowest BCUT2D eigenvalue weighted by Crippen LogP contribution is -2.26. The molecule has 0 saturated carbocycles. The predicted octanol–water partition coefficient (Wildman–Crippen LogP) is 1.99. The van der Waals surface area contributed by atoms with Crippen LogP contribution in [0.1, 0.15) is 17.0 Å². The summed E-state index contributed by atoms with van der Waals surface area (Å²) in [5.41, 5.74) is 1.95. The van der Waals surface area contributed by atoms with Crippen LogP contribution in [0.25, 0.3) is 0 Å². The zero-order valence-electron chi connectivity index (χ0n) is 11.9. The molecule has 20 heavy (non-hydrogen) atoms. The molecule has 1 aromatic heterocycles. The highest BCUT2D eigenvalue weighted by Crippen LogP contribution is 2.20. The van der Waals surface area contributed by atoms with Crippen molar-refractivity contribution in [3.05, 3.63) is 47.3 Å². The van der Waals surface area contributed by atoms with Gasteiger partial charge in [-0.1, -0.05) is 23.4 Å². The molecular weight excluding hydrogens is 256 g/mol. The van der Waals surface area contributed by atoms with Gasteiger partial charge in [0.15, 0.2) is 0 Å². The fourth-order valence-electron chi connectivity index (χ4n) is 2.15. The number of aromatic nitrogens is 1. The number of aliphatic hydroxyl groups is 1. The Labute approximate surface area is 118 Å². The lowest BCUT2D eigenvalue weighted by atomic mass is 10.2. The number of benzene rings is 1. The molecule has 2 rings (SSSR count). The molecule has 0 aliphatic carbocycles. The van der Waals surface area contributed by atoms with Gasteiger partial charge in [0.1, 0.15) is 11.5 Å². The van der Waals surface area contributed by atoms with E-state index < -0.39 is 0 Å². The molecule has 5 nitrogen and oxygen atoms in total. The van der Waals surface area contributed by atoms with Gasteiger partial charge in [-0.2, -0.15) is 0 Å². The first-order valence-electron chi connectivity index (χ1n) is 6.60. The predicted molar refractivity (Wildman–Crippen MR) is 75.4 cm³/mol. The molecule has 1 aromatic carbocycles. The van der Waals surface area contributed by atoms with Gasteiger partial charge >= 0.3 is 0 Å². The minimum absolute atomic E-state index is 0.103. The topological polar surface area (TPSA) is 58.7 Å². The summed E-state index contributed by atoms with van der Waals surface area (Å²) in [6.07, 6.45) is 0. The van der Waals surface area contributed by atoms with Crippen molar-refractivity contribution >= 4 is 0 Å². The summed E-state index contributed by atoms with van der Waals surface area (Å²) in [4.78, 5) is 2.11. The van der Waals surface area contributed by atoms with Crippen LogP contribution in [0.15, 0.2) is 34.9 Å². The van der Waals surface area contributed by atoms with Crippen molar-refractivity contribution < 1.29 is 14.4 Å². The number of hydrogen-bond acceptors (Lipinski definition) is 5. The van der Waals surface area contributed by atoms with Crippen molar-refractivity contribution in [2.45, 2.75) is 20.0 Å². The molecule has 0 fully saturated rings. The standard InChI is InChI=1S/C15H20N2O3/c1-12-9-14(16-20-12)11-17(7-8-18)10-13-5-3-4-6-15(13)19-2/h3-6,9,18H,7-8,10-11H2,1-2H3. The minimum Gasteiger partial charge on any atom is -0.496 e. The highest BCUT2D eigenvalue weighted by molar-refractivity contribution is 5.33. The zero-order valence-corrected chi connectivity index (χ0v) is 11.9. The molecule has 108 valence electrons. The van der Waals surface area contributed by atoms with Crippen molar-refractivity contribution in [2.75, 3.05) is 20.3 Å². The van der Waals surface area contributed by atoms with Gasteiger partial charge in [0.25, 0.3) is 0 Å². The quantitative estimate of drug-likeness (QED) is 0.838. The van der Waals surface area contributed by atoms with Crippen LogP contribution in [0.4, 0.5) is 0 Å². The fraction of sp³-hybridized carbons (Fsp3) is 0.400. The average molecular weight is 276 g/mol. The Morgan fingerprint density at radius 2 is 2.10 bits per heavy atom. The van der Waals surface area contributed by atoms with Crippen LogP contribution in [0, 0.1) is 6.92 Å². The molecule has 0 unspecified atom stereocenters. The summed E-state index contributed by atoms with van der Waals surface area (Å²) in [6.45, 7) is 3.87. The molecule has 1 heterocycles. The van der Waals surface area contributed by atoms with E-state index in [0.717, 1.165) is 22.8 Å². The van der Waals surface area contributed by atoms with Crippen molar-refractivity contribution in [3.8, 4) is 5.75 Å². The summed E-state index contributed by atoms with van der Waals surface area (Å²) >= 11 is 0. The second-order valence-electron chi connectivity index (χ2n) is 4.68. The highest BCUT2D eigenvalue weighted by Gasteiger charge is 2.12. The van der Waals surface area contributed by atoms with Crippen LogP contribution in [-0.2, 0) is 13.1 Å². The van der Waals surface area contributed by atoms with Crippen LogP contribution in [0.3, 0.4) is 0 Å². The Kier molecular flexibility index (Phi) is 5.15. The third-order valence-electron chi connectivity index (χ3n) is 3.07. The number of rotatable bonds is 7. The van der Waals surface area contributed by atoms with E-state index in [9.17, 15) is 5.11 Å². The van der Waals surface area contributed by atoms with Gasteiger partial charge in [0.05, 0.1) is 19.4 Å². The maximum absolute atomic E-state index is 9.21. The molecule has 0 amide bonds. The van der Waals surface area contributed by atoms with Crippen molar-refractivity contribution in [1.29, 1.82) is 0 Å². The Hall–Kier alpha value is -1.85. The number of methoxy groups -OCH3 is 1. The first-order valence-corrected chi connectivity index (χ1v) is 6.60. The summed E-state index contributed by atoms with van der Waals surface area (Å²) in [5.74, 6) is 1.65. The van der Waals surface area contributed by atoms with Gasteiger partial charge in [-0.25, -0.2) is 0 Å². The van der Waals surface area contributed by atoms with E-state index in [4.69, 9.17) is 9.26 Å². The molecule has 0 bridgehead atoms. The lowest BCUT2D eigenvalue weighted by molar-refractivity contribution is 0.179. The normalized spacial score (nSPS) is 11.0. The molecule has 0 aliphatic heterocycles. The van der Waals surface area contributed by atoms with E-state index in [2.05, 4.69) is 10.1 Å². The molecular formula is C15H20N2O3. The SMILES string of the molecule is COc1ccccc1CN(CCO)Cc1cc(C)on1. The molecule has 0 atom stereocenters. The van der Waals surface area contributed by atoms with E-state index in [1.165, 1.54) is 0 Å². The van der Waals surface area contributed by atoms with Gasteiger partial charge in [-0.05, 0) is 13.0 Å². The smallest absolute Gasteiger partial charge is 0.133 e. The molecule has 1 N–H and O–H groups in total. The Morgan fingerprint density at radius 3 is 2.75 bits per heavy atom. The molecule has 5 heteroatoms. The van der Waals surface area contributed by atoms with Crippen LogP contribution >= 0.6 is 0 Å². The van der Waals surface area contributed by atoms with Gasteiger partial charge in [0, 0.05) is 31.3 Å². The van der Waals surface area contributed by atoms with Crippen LogP contribution < -0.4 is 4.74 Å². The molecule has 0 spiro atoms. The van der Waals surface area contributed by atoms with E-state index in [1.54, 1.807) is 7.11 Å². The number of aryl methyl sites for hydroxylation is 1. The van der Waals surface area contributed by atoms with Crippen LogP contribution in [0.5, 0.6) is 5.75 Å². The second kappa shape index (κ2) is 7.07. The molecule has 2 aromatic rings. The van der Waals surface area contributed by atoms with Crippen LogP contribution in [-0.4, -0.2) is 35.4 Å².